The summed E-state index contributed by atoms with van der Waals surface area (Å²) in [5.74, 6) is 1.18. The lowest BCUT2D eigenvalue weighted by molar-refractivity contribution is -0.151. The third-order valence-corrected chi connectivity index (χ3v) is 5.28. The summed E-state index contributed by atoms with van der Waals surface area (Å²) in [6.45, 7) is 12.2. The third-order valence-electron chi connectivity index (χ3n) is 5.28. The van der Waals surface area contributed by atoms with Crippen molar-refractivity contribution in [2.45, 2.75) is 72.3 Å². The Balaban J connectivity index is 2.73. The van der Waals surface area contributed by atoms with E-state index in [9.17, 15) is 4.79 Å². The summed E-state index contributed by atoms with van der Waals surface area (Å²) in [6, 6.07) is 0. The molecule has 0 heterocycles. The number of hydrogen-bond donors (Lipinski definition) is 1. The summed E-state index contributed by atoms with van der Waals surface area (Å²) in [6.07, 6.45) is 5.23. The number of nitrogens with one attached hydrogen (secondary N) is 1. The molecule has 0 aromatic heterocycles. The van der Waals surface area contributed by atoms with Crippen molar-refractivity contribution < 1.29 is 9.53 Å². The van der Waals surface area contributed by atoms with Crippen molar-refractivity contribution >= 4 is 5.97 Å². The molecule has 0 aromatic carbocycles. The smallest absolute Gasteiger partial charge is 0.326 e. The van der Waals surface area contributed by atoms with Crippen molar-refractivity contribution in [2.24, 2.45) is 17.3 Å². The first-order valence-electron chi connectivity index (χ1n) is 8.11. The first kappa shape index (κ1) is 17.5. The molecule has 0 saturated heterocycles. The molecule has 1 aliphatic carbocycles. The Morgan fingerprint density at radius 2 is 1.90 bits per heavy atom. The molecule has 0 spiro atoms. The quantitative estimate of drug-likeness (QED) is 0.754. The lowest BCUT2D eigenvalue weighted by atomic mass is 9.65. The first-order valence-corrected chi connectivity index (χ1v) is 8.11. The molecule has 0 amide bonds. The van der Waals surface area contributed by atoms with Crippen LogP contribution in [0, 0.1) is 17.3 Å². The Morgan fingerprint density at radius 1 is 1.35 bits per heavy atom. The van der Waals surface area contributed by atoms with E-state index in [-0.39, 0.29) is 5.97 Å². The number of carbonyl (C=O) groups is 1. The second kappa shape index (κ2) is 6.93. The lowest BCUT2D eigenvalue weighted by Crippen LogP contribution is -2.56. The van der Waals surface area contributed by atoms with Crippen molar-refractivity contribution in [1.29, 1.82) is 0 Å². The van der Waals surface area contributed by atoms with Crippen LogP contribution < -0.4 is 5.32 Å². The predicted molar refractivity (Wildman–Crippen MR) is 83.6 cm³/mol. The number of hydrogen-bond acceptors (Lipinski definition) is 3. The molecule has 0 radical (unpaired) electrons. The second-order valence-electron chi connectivity index (χ2n) is 7.46. The molecule has 3 nitrogen and oxygen atoms in total. The molecule has 0 aliphatic heterocycles. The van der Waals surface area contributed by atoms with Crippen LogP contribution in [0.5, 0.6) is 0 Å². The fourth-order valence-electron chi connectivity index (χ4n) is 3.23. The summed E-state index contributed by atoms with van der Waals surface area (Å²) in [7, 11) is 1.50. The van der Waals surface area contributed by atoms with E-state index in [1.54, 1.807) is 0 Å². The maximum Gasteiger partial charge on any atom is 0.326 e. The fourth-order valence-corrected chi connectivity index (χ4v) is 3.23. The molecule has 1 fully saturated rings. The Labute approximate surface area is 124 Å². The van der Waals surface area contributed by atoms with Crippen LogP contribution in [0.3, 0.4) is 0 Å². The van der Waals surface area contributed by atoms with Crippen LogP contribution in [-0.4, -0.2) is 25.2 Å². The van der Waals surface area contributed by atoms with Crippen molar-refractivity contribution in [3.05, 3.63) is 0 Å². The van der Waals surface area contributed by atoms with Crippen molar-refractivity contribution in [3.63, 3.8) is 0 Å². The molecule has 0 bridgehead atoms. The van der Waals surface area contributed by atoms with Crippen molar-refractivity contribution in [1.82, 2.24) is 5.32 Å². The highest BCUT2D eigenvalue weighted by atomic mass is 16.5. The van der Waals surface area contributed by atoms with Gasteiger partial charge in [-0.1, -0.05) is 41.0 Å². The van der Waals surface area contributed by atoms with Gasteiger partial charge in [0.15, 0.2) is 0 Å². The molecule has 1 aliphatic rings. The molecule has 3 heteroatoms. The minimum absolute atomic E-state index is 0.0779. The maximum absolute atomic E-state index is 12.2. The van der Waals surface area contributed by atoms with Crippen LogP contribution in [0.1, 0.15) is 66.7 Å². The van der Waals surface area contributed by atoms with Gasteiger partial charge >= 0.3 is 5.97 Å². The topological polar surface area (TPSA) is 38.3 Å². The number of methoxy groups -OCH3 is 1. The maximum atomic E-state index is 12.2. The standard InChI is InChI=1S/C17H33NO2/c1-7-16(4,5)14-8-10-17(11-9-14,15(19)20-6)18-12-13(2)3/h13-14,18H,7-12H2,1-6H3. The minimum atomic E-state index is -0.445. The largest absolute Gasteiger partial charge is 0.468 e. The number of rotatable bonds is 6. The average molecular weight is 283 g/mol. The van der Waals surface area contributed by atoms with Crippen molar-refractivity contribution in [3.8, 4) is 0 Å². The second-order valence-corrected chi connectivity index (χ2v) is 7.46. The monoisotopic (exact) mass is 283 g/mol. The van der Waals surface area contributed by atoms with Gasteiger partial charge in [0, 0.05) is 0 Å². The Bertz CT molecular complexity index is 315. The van der Waals surface area contributed by atoms with Crippen LogP contribution in [0.2, 0.25) is 0 Å². The van der Waals surface area contributed by atoms with E-state index in [4.69, 9.17) is 4.74 Å². The molecule has 0 atom stereocenters. The zero-order valence-electron chi connectivity index (χ0n) is 14.2. The fraction of sp³-hybridized carbons (Fsp3) is 0.941. The van der Waals surface area contributed by atoms with Gasteiger partial charge in [-0.3, -0.25) is 4.79 Å². The molecule has 0 aromatic rings. The van der Waals surface area contributed by atoms with Gasteiger partial charge in [-0.25, -0.2) is 0 Å². The van der Waals surface area contributed by atoms with E-state index in [0.29, 0.717) is 17.3 Å². The highest BCUT2D eigenvalue weighted by molar-refractivity contribution is 5.80. The predicted octanol–water partition coefficient (Wildman–Crippen LogP) is 3.77. The van der Waals surface area contributed by atoms with Crippen LogP contribution >= 0.6 is 0 Å². The highest BCUT2D eigenvalue weighted by Crippen LogP contribution is 2.43. The van der Waals surface area contributed by atoms with Crippen LogP contribution in [-0.2, 0) is 9.53 Å². The molecule has 20 heavy (non-hydrogen) atoms. The van der Waals surface area contributed by atoms with Crippen LogP contribution in [0.15, 0.2) is 0 Å². The zero-order valence-corrected chi connectivity index (χ0v) is 14.2. The minimum Gasteiger partial charge on any atom is -0.468 e. The van der Waals surface area contributed by atoms with Crippen molar-refractivity contribution in [2.75, 3.05) is 13.7 Å². The van der Waals surface area contributed by atoms with Gasteiger partial charge in [-0.05, 0) is 49.5 Å². The molecule has 1 N–H and O–H groups in total. The van der Waals surface area contributed by atoms with Gasteiger partial charge in [-0.15, -0.1) is 0 Å². The summed E-state index contributed by atoms with van der Waals surface area (Å²) >= 11 is 0. The van der Waals surface area contributed by atoms with Crippen LogP contribution in [0.25, 0.3) is 0 Å². The average Bonchev–Trinajstić information content (AvgIpc) is 2.44. The normalized spacial score (nSPS) is 27.6. The van der Waals surface area contributed by atoms with E-state index in [1.165, 1.54) is 13.5 Å². The van der Waals surface area contributed by atoms with Gasteiger partial charge in [0.25, 0.3) is 0 Å². The molecule has 1 rings (SSSR count). The molecule has 1 saturated carbocycles. The summed E-state index contributed by atoms with van der Waals surface area (Å²) in [4.78, 5) is 12.2. The van der Waals surface area contributed by atoms with E-state index < -0.39 is 5.54 Å². The summed E-state index contributed by atoms with van der Waals surface area (Å²) < 4.78 is 5.07. The summed E-state index contributed by atoms with van der Waals surface area (Å²) in [5.41, 5.74) is -0.0698. The van der Waals surface area contributed by atoms with E-state index in [1.807, 2.05) is 0 Å². The Morgan fingerprint density at radius 3 is 2.30 bits per heavy atom. The van der Waals surface area contributed by atoms with E-state index in [0.717, 1.165) is 32.2 Å². The molecule has 0 unspecified atom stereocenters. The summed E-state index contributed by atoms with van der Waals surface area (Å²) in [5, 5.41) is 3.50. The molecule has 118 valence electrons. The number of esters is 1. The van der Waals surface area contributed by atoms with Gasteiger partial charge in [0.05, 0.1) is 7.11 Å². The third kappa shape index (κ3) is 3.97. The molecular formula is C17H33NO2. The van der Waals surface area contributed by atoms with Gasteiger partial charge in [0.1, 0.15) is 5.54 Å². The molecular weight excluding hydrogens is 250 g/mol. The highest BCUT2D eigenvalue weighted by Gasteiger charge is 2.45. The number of ether oxygens (including phenoxy) is 1. The van der Waals surface area contributed by atoms with Crippen LogP contribution in [0.4, 0.5) is 0 Å². The Hall–Kier alpha value is -0.570. The van der Waals surface area contributed by atoms with E-state index >= 15 is 0 Å². The SMILES string of the molecule is CCC(C)(C)C1CCC(NCC(C)C)(C(=O)OC)CC1. The first-order chi connectivity index (χ1) is 9.27. The number of carbonyl (C=O) groups excluding carboxylic acids is 1. The van der Waals surface area contributed by atoms with Gasteiger partial charge in [0.2, 0.25) is 0 Å². The van der Waals surface area contributed by atoms with E-state index in [2.05, 4.69) is 39.9 Å². The Kier molecular flexibility index (Phi) is 6.06. The van der Waals surface area contributed by atoms with Gasteiger partial charge < -0.3 is 10.1 Å². The lowest BCUT2D eigenvalue weighted by Gasteiger charge is -2.44. The van der Waals surface area contributed by atoms with Gasteiger partial charge in [-0.2, -0.15) is 0 Å². The zero-order chi connectivity index (χ0) is 15.4.